The first-order valence-corrected chi connectivity index (χ1v) is 11.5. The van der Waals surface area contributed by atoms with Gasteiger partial charge in [0, 0.05) is 6.54 Å². The lowest BCUT2D eigenvalue weighted by Gasteiger charge is -2.26. The molecule has 3 aromatic carbocycles. The number of thiazole rings is 1. The molecule has 0 aliphatic rings. The van der Waals surface area contributed by atoms with E-state index in [0.717, 1.165) is 28.8 Å². The van der Waals surface area contributed by atoms with Gasteiger partial charge in [0.15, 0.2) is 5.13 Å². The van der Waals surface area contributed by atoms with Gasteiger partial charge in [-0.15, -0.1) is 0 Å². The van der Waals surface area contributed by atoms with Gasteiger partial charge >= 0.3 is 0 Å². The molecule has 4 aromatic rings. The van der Waals surface area contributed by atoms with Gasteiger partial charge in [-0.1, -0.05) is 78.1 Å². The van der Waals surface area contributed by atoms with Crippen molar-refractivity contribution in [3.63, 3.8) is 0 Å². The maximum absolute atomic E-state index is 14.3. The Hall–Kier alpha value is -3.09. The lowest BCUT2D eigenvalue weighted by atomic mass is 9.90. The van der Waals surface area contributed by atoms with Crippen LogP contribution in [0.25, 0.3) is 10.2 Å². The van der Waals surface area contributed by atoms with Crippen molar-refractivity contribution in [2.24, 2.45) is 0 Å². The topological polar surface area (TPSA) is 36.4 Å². The number of amides is 1. The second kappa shape index (κ2) is 10.0. The molecule has 6 heteroatoms. The first-order valence-electron chi connectivity index (χ1n) is 10.7. The molecule has 0 aliphatic heterocycles. The number of fused-ring (bicyclic) bond motifs is 1. The van der Waals surface area contributed by atoms with E-state index in [0.29, 0.717) is 17.2 Å². The van der Waals surface area contributed by atoms with E-state index < -0.39 is 5.92 Å². The van der Waals surface area contributed by atoms with Gasteiger partial charge in [0.1, 0.15) is 11.3 Å². The minimum atomic E-state index is -0.464. The molecule has 4 nitrogen and oxygen atoms in total. The Bertz CT molecular complexity index is 1140. The van der Waals surface area contributed by atoms with Crippen LogP contribution in [0.2, 0.25) is 0 Å². The Morgan fingerprint density at radius 1 is 0.906 bits per heavy atom. The fraction of sp³-hybridized carbons (Fsp3) is 0.231. The first-order chi connectivity index (χ1) is 15.5. The Morgan fingerprint density at radius 3 is 2.09 bits per heavy atom. The van der Waals surface area contributed by atoms with Crippen LogP contribution in [0.1, 0.15) is 23.5 Å². The number of benzene rings is 3. The van der Waals surface area contributed by atoms with E-state index >= 15 is 0 Å². The van der Waals surface area contributed by atoms with Gasteiger partial charge in [0.2, 0.25) is 5.91 Å². The number of carbonyl (C=O) groups excluding carboxylic acids is 1. The van der Waals surface area contributed by atoms with E-state index in [2.05, 4.69) is 9.88 Å². The molecular formula is C26H26FN3OS. The molecule has 1 aromatic heterocycles. The lowest BCUT2D eigenvalue weighted by Crippen LogP contribution is -2.37. The Kier molecular flexibility index (Phi) is 6.93. The van der Waals surface area contributed by atoms with Gasteiger partial charge in [-0.25, -0.2) is 9.37 Å². The number of hydrogen-bond donors (Lipinski definition) is 0. The van der Waals surface area contributed by atoms with Crippen molar-refractivity contribution in [1.29, 1.82) is 0 Å². The number of carbonyl (C=O) groups is 1. The van der Waals surface area contributed by atoms with Crippen LogP contribution in [0.15, 0.2) is 78.9 Å². The second-order valence-electron chi connectivity index (χ2n) is 7.98. The van der Waals surface area contributed by atoms with Gasteiger partial charge in [0.25, 0.3) is 0 Å². The molecule has 1 amide bonds. The minimum Gasteiger partial charge on any atom is -0.309 e. The number of hydrogen-bond acceptors (Lipinski definition) is 4. The molecule has 0 saturated heterocycles. The summed E-state index contributed by atoms with van der Waals surface area (Å²) in [7, 11) is 4.02. The summed E-state index contributed by atoms with van der Waals surface area (Å²) in [4.78, 5) is 22.4. The molecule has 0 aliphatic carbocycles. The Labute approximate surface area is 191 Å². The summed E-state index contributed by atoms with van der Waals surface area (Å²) in [6, 6.07) is 24.5. The van der Waals surface area contributed by atoms with E-state index in [1.165, 1.54) is 17.4 Å². The monoisotopic (exact) mass is 447 g/mol. The smallest absolute Gasteiger partial charge is 0.240 e. The summed E-state index contributed by atoms with van der Waals surface area (Å²) < 4.78 is 15.1. The SMILES string of the molecule is CN(C)CCCN(C(=O)C(c1ccccc1)c1ccccc1)c1nc2c(F)cccc2s1. The van der Waals surface area contributed by atoms with Crippen LogP contribution in [-0.2, 0) is 4.79 Å². The second-order valence-corrected chi connectivity index (χ2v) is 8.99. The molecule has 4 rings (SSSR count). The first kappa shape index (κ1) is 22.1. The Morgan fingerprint density at radius 2 is 1.53 bits per heavy atom. The van der Waals surface area contributed by atoms with E-state index in [1.54, 1.807) is 11.0 Å². The zero-order chi connectivity index (χ0) is 22.5. The van der Waals surface area contributed by atoms with E-state index in [-0.39, 0.29) is 11.7 Å². The number of nitrogens with zero attached hydrogens (tertiary/aromatic N) is 3. The highest BCUT2D eigenvalue weighted by molar-refractivity contribution is 7.22. The molecular weight excluding hydrogens is 421 g/mol. The number of rotatable bonds is 8. The van der Waals surface area contributed by atoms with Crippen molar-refractivity contribution in [1.82, 2.24) is 9.88 Å². The summed E-state index contributed by atoms with van der Waals surface area (Å²) in [6.45, 7) is 1.35. The molecule has 32 heavy (non-hydrogen) atoms. The minimum absolute atomic E-state index is 0.0550. The quantitative estimate of drug-likeness (QED) is 0.355. The summed E-state index contributed by atoms with van der Waals surface area (Å²) in [5.41, 5.74) is 2.16. The molecule has 0 atom stereocenters. The predicted octanol–water partition coefficient (Wildman–Crippen LogP) is 5.55. The van der Waals surface area contributed by atoms with Crippen molar-refractivity contribution in [2.75, 3.05) is 32.1 Å². The molecule has 0 saturated carbocycles. The van der Waals surface area contributed by atoms with E-state index in [9.17, 15) is 9.18 Å². The molecule has 0 spiro atoms. The fourth-order valence-corrected chi connectivity index (χ4v) is 4.80. The van der Waals surface area contributed by atoms with Crippen LogP contribution in [0.3, 0.4) is 0 Å². The van der Waals surface area contributed by atoms with Crippen molar-refractivity contribution >= 4 is 32.6 Å². The zero-order valence-corrected chi connectivity index (χ0v) is 19.1. The summed E-state index contributed by atoms with van der Waals surface area (Å²) >= 11 is 1.35. The number of halogens is 1. The molecule has 164 valence electrons. The number of anilines is 1. The lowest BCUT2D eigenvalue weighted by molar-refractivity contribution is -0.119. The van der Waals surface area contributed by atoms with Crippen LogP contribution in [0, 0.1) is 5.82 Å². The zero-order valence-electron chi connectivity index (χ0n) is 18.2. The third-order valence-corrected chi connectivity index (χ3v) is 6.40. The van der Waals surface area contributed by atoms with Gasteiger partial charge in [-0.2, -0.15) is 0 Å². The third-order valence-electron chi connectivity index (χ3n) is 5.36. The fourth-order valence-electron chi connectivity index (χ4n) is 3.79. The van der Waals surface area contributed by atoms with E-state index in [4.69, 9.17) is 0 Å². The van der Waals surface area contributed by atoms with Gasteiger partial charge in [0.05, 0.1) is 10.6 Å². The molecule has 0 bridgehead atoms. The van der Waals surface area contributed by atoms with Crippen molar-refractivity contribution in [3.05, 3.63) is 95.8 Å². The Balaban J connectivity index is 1.77. The average Bonchev–Trinajstić information content (AvgIpc) is 3.23. The van der Waals surface area contributed by atoms with Crippen molar-refractivity contribution in [2.45, 2.75) is 12.3 Å². The molecule has 0 N–H and O–H groups in total. The van der Waals surface area contributed by atoms with Gasteiger partial charge in [-0.05, 0) is 50.3 Å². The van der Waals surface area contributed by atoms with Crippen molar-refractivity contribution < 1.29 is 9.18 Å². The number of aromatic nitrogens is 1. The largest absolute Gasteiger partial charge is 0.309 e. The summed E-state index contributed by atoms with van der Waals surface area (Å²) in [5.74, 6) is -0.886. The maximum Gasteiger partial charge on any atom is 0.240 e. The molecule has 0 fully saturated rings. The highest BCUT2D eigenvalue weighted by Crippen LogP contribution is 2.34. The van der Waals surface area contributed by atoms with Gasteiger partial charge < -0.3 is 4.90 Å². The third kappa shape index (κ3) is 4.87. The van der Waals surface area contributed by atoms with Crippen LogP contribution in [0.5, 0.6) is 0 Å². The highest BCUT2D eigenvalue weighted by atomic mass is 32.1. The van der Waals surface area contributed by atoms with Gasteiger partial charge in [-0.3, -0.25) is 9.69 Å². The highest BCUT2D eigenvalue weighted by Gasteiger charge is 2.30. The maximum atomic E-state index is 14.3. The molecule has 0 radical (unpaired) electrons. The number of para-hydroxylation sites is 1. The van der Waals surface area contributed by atoms with Crippen LogP contribution >= 0.6 is 11.3 Å². The average molecular weight is 448 g/mol. The van der Waals surface area contributed by atoms with Crippen molar-refractivity contribution in [3.8, 4) is 0 Å². The van der Waals surface area contributed by atoms with E-state index in [1.807, 2.05) is 80.8 Å². The molecule has 0 unspecified atom stereocenters. The predicted molar refractivity (Wildman–Crippen MR) is 130 cm³/mol. The summed E-state index contributed by atoms with van der Waals surface area (Å²) in [5, 5.41) is 0.533. The summed E-state index contributed by atoms with van der Waals surface area (Å²) in [6.07, 6.45) is 0.785. The normalized spacial score (nSPS) is 11.4. The van der Waals surface area contributed by atoms with Crippen LogP contribution in [-0.4, -0.2) is 43.0 Å². The molecule has 1 heterocycles. The van der Waals surface area contributed by atoms with Crippen LogP contribution < -0.4 is 4.90 Å². The standard InChI is InChI=1S/C26H26FN3OS/c1-29(2)17-10-18-30(26-28-24-21(27)15-9-16-22(24)32-26)25(31)23(19-11-5-3-6-12-19)20-13-7-4-8-14-20/h3-9,11-16,23H,10,17-18H2,1-2H3. The van der Waals surface area contributed by atoms with Crippen LogP contribution in [0.4, 0.5) is 9.52 Å².